The van der Waals surface area contributed by atoms with Crippen LogP contribution in [0, 0.1) is 0 Å². The van der Waals surface area contributed by atoms with Gasteiger partial charge in [0.15, 0.2) is 12.6 Å². The molecule has 2 fully saturated rings. The Balaban J connectivity index is 1.86. The highest BCUT2D eigenvalue weighted by atomic mass is 16.7. The molecule has 2 aliphatic rings. The Labute approximate surface area is 137 Å². The van der Waals surface area contributed by atoms with Crippen molar-refractivity contribution in [3.63, 3.8) is 0 Å². The minimum atomic E-state index is -1.54. The summed E-state index contributed by atoms with van der Waals surface area (Å²) in [7, 11) is 0. The van der Waals surface area contributed by atoms with Crippen LogP contribution in [0.1, 0.15) is 0 Å². The van der Waals surface area contributed by atoms with E-state index >= 15 is 0 Å². The summed E-state index contributed by atoms with van der Waals surface area (Å²) in [6.45, 7) is -1.31. The van der Waals surface area contributed by atoms with Crippen LogP contribution in [0.2, 0.25) is 0 Å². The van der Waals surface area contributed by atoms with Gasteiger partial charge in [0.05, 0.1) is 26.4 Å². The lowest BCUT2D eigenvalue weighted by molar-refractivity contribution is -0.329. The van der Waals surface area contributed by atoms with Crippen LogP contribution in [0.3, 0.4) is 0 Å². The molecule has 2 heterocycles. The van der Waals surface area contributed by atoms with Crippen LogP contribution in [0.25, 0.3) is 0 Å². The normalized spacial score (nSPS) is 45.1. The summed E-state index contributed by atoms with van der Waals surface area (Å²) in [4.78, 5) is 0. The predicted molar refractivity (Wildman–Crippen MR) is 73.4 cm³/mol. The van der Waals surface area contributed by atoms with E-state index in [1.54, 1.807) is 0 Å². The average Bonchev–Trinajstić information content (AvgIpc) is 2.58. The van der Waals surface area contributed by atoms with Crippen molar-refractivity contribution >= 4 is 0 Å². The van der Waals surface area contributed by atoms with Gasteiger partial charge in [-0.05, 0) is 0 Å². The van der Waals surface area contributed by atoms with E-state index in [0.29, 0.717) is 0 Å². The SMILES string of the molecule is OC[C@@H](O)CO[C@@H]1OC[C@@H](O[C@@H]2OC[C@@H](O)[C@H](O)[C@H]2O)[C@H](O)[C@H]1O. The van der Waals surface area contributed by atoms with Crippen molar-refractivity contribution in [1.82, 2.24) is 0 Å². The topological polar surface area (TPSA) is 179 Å². The summed E-state index contributed by atoms with van der Waals surface area (Å²) in [5.74, 6) is 0. The molecule has 11 nitrogen and oxygen atoms in total. The highest BCUT2D eigenvalue weighted by Gasteiger charge is 2.45. The smallest absolute Gasteiger partial charge is 0.186 e. The third-order valence-corrected chi connectivity index (χ3v) is 3.86. The highest BCUT2D eigenvalue weighted by molar-refractivity contribution is 4.87. The van der Waals surface area contributed by atoms with Crippen LogP contribution < -0.4 is 0 Å². The van der Waals surface area contributed by atoms with Gasteiger partial charge in [-0.15, -0.1) is 0 Å². The van der Waals surface area contributed by atoms with E-state index in [4.69, 9.17) is 24.1 Å². The molecule has 0 unspecified atom stereocenters. The maximum absolute atomic E-state index is 10.1. The van der Waals surface area contributed by atoms with Crippen LogP contribution in [0.15, 0.2) is 0 Å². The van der Waals surface area contributed by atoms with Crippen molar-refractivity contribution in [2.75, 3.05) is 26.4 Å². The summed E-state index contributed by atoms with van der Waals surface area (Å²) in [6, 6.07) is 0. The van der Waals surface area contributed by atoms with Crippen LogP contribution in [0.4, 0.5) is 0 Å². The third-order valence-electron chi connectivity index (χ3n) is 3.86. The second-order valence-electron chi connectivity index (χ2n) is 5.78. The van der Waals surface area contributed by atoms with Gasteiger partial charge in [0.2, 0.25) is 0 Å². The Morgan fingerprint density at radius 1 is 0.875 bits per heavy atom. The predicted octanol–water partition coefficient (Wildman–Crippen LogP) is -4.74. The Morgan fingerprint density at radius 2 is 1.50 bits per heavy atom. The van der Waals surface area contributed by atoms with Crippen molar-refractivity contribution in [1.29, 1.82) is 0 Å². The Bertz CT molecular complexity index is 383. The lowest BCUT2D eigenvalue weighted by Gasteiger charge is -2.41. The van der Waals surface area contributed by atoms with Gasteiger partial charge in [0.1, 0.15) is 42.7 Å². The summed E-state index contributed by atoms with van der Waals surface area (Å²) < 4.78 is 20.6. The Kier molecular flexibility index (Phi) is 7.27. The van der Waals surface area contributed by atoms with Crippen LogP contribution >= 0.6 is 0 Å². The van der Waals surface area contributed by atoms with Gasteiger partial charge in [-0.2, -0.15) is 0 Å². The lowest BCUT2D eigenvalue weighted by Crippen LogP contribution is -2.59. The van der Waals surface area contributed by atoms with E-state index in [1.807, 2.05) is 0 Å². The standard InChI is InChI=1S/C13H24O11/c14-1-5(15)2-21-12-11(20)9(18)7(4-23-12)24-13-10(19)8(17)6(16)3-22-13/h5-20H,1-4H2/t5-,6-,7-,8+,9+,10-,11-,12-,13+/m1/s1. The molecule has 11 heteroatoms. The van der Waals surface area contributed by atoms with Gasteiger partial charge in [-0.25, -0.2) is 0 Å². The largest absolute Gasteiger partial charge is 0.394 e. The summed E-state index contributed by atoms with van der Waals surface area (Å²) >= 11 is 0. The highest BCUT2D eigenvalue weighted by Crippen LogP contribution is 2.24. The zero-order valence-electron chi connectivity index (χ0n) is 12.8. The van der Waals surface area contributed by atoms with E-state index in [2.05, 4.69) is 0 Å². The molecule has 0 aromatic heterocycles. The fraction of sp³-hybridized carbons (Fsp3) is 1.00. The minimum absolute atomic E-state index is 0.219. The second-order valence-corrected chi connectivity index (χ2v) is 5.78. The molecule has 7 N–H and O–H groups in total. The van der Waals surface area contributed by atoms with E-state index < -0.39 is 61.9 Å². The van der Waals surface area contributed by atoms with Crippen molar-refractivity contribution < 1.29 is 54.7 Å². The number of aliphatic hydroxyl groups is 7. The minimum Gasteiger partial charge on any atom is -0.394 e. The molecule has 142 valence electrons. The molecule has 2 aliphatic heterocycles. The van der Waals surface area contributed by atoms with Crippen molar-refractivity contribution in [2.24, 2.45) is 0 Å². The van der Waals surface area contributed by atoms with Gasteiger partial charge in [0, 0.05) is 0 Å². The lowest BCUT2D eigenvalue weighted by atomic mass is 10.0. The van der Waals surface area contributed by atoms with Crippen LogP contribution in [-0.4, -0.2) is 117 Å². The molecule has 0 bridgehead atoms. The van der Waals surface area contributed by atoms with Gasteiger partial charge < -0.3 is 54.7 Å². The molecule has 24 heavy (non-hydrogen) atoms. The number of aliphatic hydroxyl groups excluding tert-OH is 7. The first-order valence-electron chi connectivity index (χ1n) is 7.54. The van der Waals surface area contributed by atoms with Crippen LogP contribution in [-0.2, 0) is 18.9 Å². The van der Waals surface area contributed by atoms with Gasteiger partial charge in [-0.1, -0.05) is 0 Å². The van der Waals surface area contributed by atoms with Gasteiger partial charge in [-0.3, -0.25) is 0 Å². The first-order chi connectivity index (χ1) is 11.3. The maximum atomic E-state index is 10.1. The van der Waals surface area contributed by atoms with E-state index in [0.717, 1.165) is 0 Å². The van der Waals surface area contributed by atoms with Crippen molar-refractivity contribution in [2.45, 2.75) is 55.3 Å². The summed E-state index contributed by atoms with van der Waals surface area (Å²) in [6.07, 6.45) is -12.0. The molecule has 0 radical (unpaired) electrons. The Hall–Kier alpha value is -0.440. The molecular formula is C13H24O11. The quantitative estimate of drug-likeness (QED) is 0.243. The molecular weight excluding hydrogens is 332 g/mol. The fourth-order valence-electron chi connectivity index (χ4n) is 2.36. The molecule has 0 aromatic rings. The van der Waals surface area contributed by atoms with Crippen LogP contribution in [0.5, 0.6) is 0 Å². The fourth-order valence-corrected chi connectivity index (χ4v) is 2.36. The molecule has 0 spiro atoms. The molecule has 2 rings (SSSR count). The maximum Gasteiger partial charge on any atom is 0.186 e. The van der Waals surface area contributed by atoms with Gasteiger partial charge >= 0.3 is 0 Å². The average molecular weight is 356 g/mol. The number of rotatable bonds is 6. The van der Waals surface area contributed by atoms with E-state index in [1.165, 1.54) is 0 Å². The van der Waals surface area contributed by atoms with E-state index in [-0.39, 0.29) is 19.8 Å². The van der Waals surface area contributed by atoms with E-state index in [9.17, 15) is 30.6 Å². The molecule has 0 aromatic carbocycles. The van der Waals surface area contributed by atoms with Gasteiger partial charge in [0.25, 0.3) is 0 Å². The number of hydrogen-bond acceptors (Lipinski definition) is 11. The first kappa shape index (κ1) is 19.9. The zero-order chi connectivity index (χ0) is 17.9. The van der Waals surface area contributed by atoms with Crippen molar-refractivity contribution in [3.05, 3.63) is 0 Å². The Morgan fingerprint density at radius 3 is 2.17 bits per heavy atom. The molecule has 0 saturated carbocycles. The molecule has 9 atom stereocenters. The number of ether oxygens (including phenoxy) is 4. The monoisotopic (exact) mass is 356 g/mol. The summed E-state index contributed by atoms with van der Waals surface area (Å²) in [5, 5.41) is 66.7. The molecule has 0 aliphatic carbocycles. The summed E-state index contributed by atoms with van der Waals surface area (Å²) in [5.41, 5.74) is 0. The molecule has 2 saturated heterocycles. The van der Waals surface area contributed by atoms with Crippen molar-refractivity contribution in [3.8, 4) is 0 Å². The first-order valence-corrected chi connectivity index (χ1v) is 7.54. The molecule has 0 amide bonds. The second kappa shape index (κ2) is 8.78. The zero-order valence-corrected chi connectivity index (χ0v) is 12.8. The number of hydrogen-bond donors (Lipinski definition) is 7. The third kappa shape index (κ3) is 4.59.